The highest BCUT2D eigenvalue weighted by molar-refractivity contribution is 5.85. The van der Waals surface area contributed by atoms with Crippen molar-refractivity contribution in [2.24, 2.45) is 0 Å². The van der Waals surface area contributed by atoms with Crippen LogP contribution >= 0.6 is 0 Å². The lowest BCUT2D eigenvalue weighted by Gasteiger charge is -2.14. The molecule has 0 aliphatic carbocycles. The summed E-state index contributed by atoms with van der Waals surface area (Å²) in [7, 11) is 0. The summed E-state index contributed by atoms with van der Waals surface area (Å²) < 4.78 is 0. The molecule has 0 bridgehead atoms. The van der Waals surface area contributed by atoms with E-state index in [0.717, 1.165) is 77.9 Å². The molecule has 282 valence electrons. The van der Waals surface area contributed by atoms with Crippen LogP contribution in [0.25, 0.3) is 100 Å². The highest BCUT2D eigenvalue weighted by Gasteiger charge is 2.12. The average molecular weight is 767 g/mol. The van der Waals surface area contributed by atoms with Gasteiger partial charge in [-0.3, -0.25) is 9.97 Å². The van der Waals surface area contributed by atoms with Crippen LogP contribution in [0.15, 0.2) is 232 Å². The second-order valence-electron chi connectivity index (χ2n) is 14.9. The Morgan fingerprint density at radius 1 is 0.183 bits per heavy atom. The van der Waals surface area contributed by atoms with Gasteiger partial charge in [-0.25, -0.2) is 9.97 Å². The molecule has 4 heteroatoms. The Morgan fingerprint density at radius 3 is 0.683 bits per heavy atom. The van der Waals surface area contributed by atoms with Gasteiger partial charge in [0.15, 0.2) is 0 Å². The first-order valence-corrected chi connectivity index (χ1v) is 20.0. The molecular formula is C56H38N4. The molecule has 0 aliphatic rings. The summed E-state index contributed by atoms with van der Waals surface area (Å²) >= 11 is 0. The van der Waals surface area contributed by atoms with E-state index in [-0.39, 0.29) is 0 Å². The Balaban J connectivity index is 0.997. The first-order valence-electron chi connectivity index (χ1n) is 20.0. The van der Waals surface area contributed by atoms with Crippen molar-refractivity contribution in [2.75, 3.05) is 0 Å². The van der Waals surface area contributed by atoms with Gasteiger partial charge in [0.2, 0.25) is 0 Å². The maximum atomic E-state index is 4.37. The molecule has 10 rings (SSSR count). The SMILES string of the molecule is c1cncc(-c2cccc(-c3cccc(-c4cccc(-c5cc(-c6cncnc6)cc(-c6cccc(-c7cccc(-c8cccc(-c9cccnc9)c8)c7)c6)c5)c4)c3)c2)c1. The van der Waals surface area contributed by atoms with Gasteiger partial charge in [-0.2, -0.15) is 0 Å². The maximum Gasteiger partial charge on any atom is 0.115 e. The standard InChI is InChI=1S/C56H38N4/c1-9-39(43-13-3-17-47(27-43)51-21-7-23-57-34-51)25-41(11-1)45-15-5-19-49(29-45)53-31-54(33-55(32-53)56-36-59-38-60-37-56)50-20-6-16-46(30-50)42-12-2-10-40(26-42)44-14-4-18-48(28-44)52-22-8-24-58-35-52/h1-38H. The minimum absolute atomic E-state index is 0.968. The van der Waals surface area contributed by atoms with E-state index in [1.165, 1.54) is 22.3 Å². The van der Waals surface area contributed by atoms with E-state index in [1.54, 1.807) is 6.33 Å². The molecule has 0 saturated heterocycles. The Kier molecular flexibility index (Phi) is 9.92. The van der Waals surface area contributed by atoms with Crippen LogP contribution in [0.2, 0.25) is 0 Å². The summed E-state index contributed by atoms with van der Waals surface area (Å²) in [4.78, 5) is 17.4. The second-order valence-corrected chi connectivity index (χ2v) is 14.9. The van der Waals surface area contributed by atoms with Crippen molar-refractivity contribution >= 4 is 0 Å². The smallest absolute Gasteiger partial charge is 0.115 e. The van der Waals surface area contributed by atoms with Crippen molar-refractivity contribution in [3.8, 4) is 100 Å². The monoisotopic (exact) mass is 766 g/mol. The molecule has 0 radical (unpaired) electrons. The second kappa shape index (κ2) is 16.4. The minimum atomic E-state index is 0.968. The molecule has 60 heavy (non-hydrogen) atoms. The zero-order chi connectivity index (χ0) is 40.1. The van der Waals surface area contributed by atoms with Crippen LogP contribution < -0.4 is 0 Å². The normalized spacial score (nSPS) is 11.0. The molecule has 3 aromatic heterocycles. The predicted molar refractivity (Wildman–Crippen MR) is 247 cm³/mol. The van der Waals surface area contributed by atoms with Gasteiger partial charge in [0.1, 0.15) is 6.33 Å². The van der Waals surface area contributed by atoms with Gasteiger partial charge in [-0.15, -0.1) is 0 Å². The number of benzene rings is 7. The Hall–Kier alpha value is -8.08. The van der Waals surface area contributed by atoms with Crippen molar-refractivity contribution in [2.45, 2.75) is 0 Å². The summed E-state index contributed by atoms with van der Waals surface area (Å²) in [5.74, 6) is 0. The largest absolute Gasteiger partial charge is 0.264 e. The van der Waals surface area contributed by atoms with Crippen LogP contribution in [-0.2, 0) is 0 Å². The number of nitrogens with zero attached hydrogens (tertiary/aromatic N) is 4. The fourth-order valence-electron chi connectivity index (χ4n) is 7.91. The van der Waals surface area contributed by atoms with Crippen LogP contribution in [0.4, 0.5) is 0 Å². The van der Waals surface area contributed by atoms with Gasteiger partial charge >= 0.3 is 0 Å². The number of hydrogen-bond donors (Lipinski definition) is 0. The van der Waals surface area contributed by atoms with Crippen LogP contribution in [0.5, 0.6) is 0 Å². The minimum Gasteiger partial charge on any atom is -0.264 e. The van der Waals surface area contributed by atoms with Crippen LogP contribution in [0.3, 0.4) is 0 Å². The highest BCUT2D eigenvalue weighted by Crippen LogP contribution is 2.37. The van der Waals surface area contributed by atoms with Gasteiger partial charge in [0.05, 0.1) is 0 Å². The molecule has 0 amide bonds. The van der Waals surface area contributed by atoms with Crippen molar-refractivity contribution < 1.29 is 0 Å². The maximum absolute atomic E-state index is 4.37. The number of pyridine rings is 2. The Morgan fingerprint density at radius 2 is 0.400 bits per heavy atom. The Bertz CT molecular complexity index is 2900. The average Bonchev–Trinajstić information content (AvgIpc) is 3.35. The van der Waals surface area contributed by atoms with Gasteiger partial charge in [-0.1, -0.05) is 121 Å². The van der Waals surface area contributed by atoms with Crippen LogP contribution in [0.1, 0.15) is 0 Å². The third-order valence-corrected chi connectivity index (χ3v) is 11.0. The third kappa shape index (κ3) is 7.78. The van der Waals surface area contributed by atoms with Crippen molar-refractivity contribution in [3.63, 3.8) is 0 Å². The van der Waals surface area contributed by atoms with E-state index in [1.807, 2.05) is 49.3 Å². The van der Waals surface area contributed by atoms with E-state index in [0.29, 0.717) is 0 Å². The number of hydrogen-bond acceptors (Lipinski definition) is 4. The Labute approximate surface area is 350 Å². The molecule has 0 N–H and O–H groups in total. The third-order valence-electron chi connectivity index (χ3n) is 11.0. The molecule has 7 aromatic carbocycles. The molecule has 0 aliphatic heterocycles. The van der Waals surface area contributed by atoms with Gasteiger partial charge in [-0.05, 0) is 150 Å². The van der Waals surface area contributed by atoms with Crippen molar-refractivity contribution in [1.29, 1.82) is 0 Å². The molecule has 4 nitrogen and oxygen atoms in total. The zero-order valence-corrected chi connectivity index (χ0v) is 32.7. The first kappa shape index (κ1) is 36.3. The van der Waals surface area contributed by atoms with Crippen LogP contribution in [-0.4, -0.2) is 19.9 Å². The van der Waals surface area contributed by atoms with E-state index >= 15 is 0 Å². The topological polar surface area (TPSA) is 51.6 Å². The molecule has 0 saturated carbocycles. The van der Waals surface area contributed by atoms with Gasteiger partial charge < -0.3 is 0 Å². The number of rotatable bonds is 9. The molecule has 0 spiro atoms. The van der Waals surface area contributed by atoms with Crippen LogP contribution in [0, 0.1) is 0 Å². The lowest BCUT2D eigenvalue weighted by molar-refractivity contribution is 1.17. The fourth-order valence-corrected chi connectivity index (χ4v) is 7.91. The summed E-state index contributed by atoms with van der Waals surface area (Å²) in [5.41, 5.74) is 20.3. The fraction of sp³-hybridized carbons (Fsp3) is 0. The van der Waals surface area contributed by atoms with Crippen molar-refractivity contribution in [1.82, 2.24) is 19.9 Å². The molecule has 3 heterocycles. The zero-order valence-electron chi connectivity index (χ0n) is 32.7. The number of aromatic nitrogens is 4. The molecule has 0 unspecified atom stereocenters. The lowest BCUT2D eigenvalue weighted by atomic mass is 9.91. The summed E-state index contributed by atoms with van der Waals surface area (Å²) in [5, 5.41) is 0. The molecule has 10 aromatic rings. The summed E-state index contributed by atoms with van der Waals surface area (Å²) in [6, 6.07) is 67.5. The molecular weight excluding hydrogens is 729 g/mol. The summed E-state index contributed by atoms with van der Waals surface area (Å²) in [6.45, 7) is 0. The van der Waals surface area contributed by atoms with E-state index in [9.17, 15) is 0 Å². The van der Waals surface area contributed by atoms with Gasteiger partial charge in [0, 0.05) is 53.9 Å². The van der Waals surface area contributed by atoms with Crippen molar-refractivity contribution in [3.05, 3.63) is 232 Å². The van der Waals surface area contributed by atoms with Gasteiger partial charge in [0.25, 0.3) is 0 Å². The molecule has 0 fully saturated rings. The molecule has 0 atom stereocenters. The highest BCUT2D eigenvalue weighted by atomic mass is 14.8. The first-order chi connectivity index (χ1) is 29.7. The summed E-state index contributed by atoms with van der Waals surface area (Å²) in [6.07, 6.45) is 12.8. The lowest BCUT2D eigenvalue weighted by Crippen LogP contribution is -1.89. The van der Waals surface area contributed by atoms with E-state index in [2.05, 4.69) is 196 Å². The quantitative estimate of drug-likeness (QED) is 0.147. The predicted octanol–water partition coefficient (Wildman–Crippen LogP) is 14.3. The van der Waals surface area contributed by atoms with E-state index < -0.39 is 0 Å². The van der Waals surface area contributed by atoms with E-state index in [4.69, 9.17) is 0 Å².